The number of nitrogens with zero attached hydrogens (tertiary/aromatic N) is 4. The number of amides is 2. The summed E-state index contributed by atoms with van der Waals surface area (Å²) in [4.78, 5) is 45.3. The van der Waals surface area contributed by atoms with E-state index in [4.69, 9.17) is 9.47 Å². The predicted molar refractivity (Wildman–Crippen MR) is 106 cm³/mol. The second-order valence-electron chi connectivity index (χ2n) is 7.90. The average Bonchev–Trinajstić information content (AvgIpc) is 2.76. The zero-order valence-corrected chi connectivity index (χ0v) is 17.5. The molecule has 0 aromatic heterocycles. The lowest BCUT2D eigenvalue weighted by atomic mass is 10.0. The number of piperidine rings is 1. The van der Waals surface area contributed by atoms with Crippen LogP contribution in [0.25, 0.3) is 0 Å². The predicted octanol–water partition coefficient (Wildman–Crippen LogP) is -0.593. The molecule has 0 saturated carbocycles. The molecule has 0 radical (unpaired) electrons. The van der Waals surface area contributed by atoms with Crippen LogP contribution in [-0.4, -0.2) is 122 Å². The van der Waals surface area contributed by atoms with Gasteiger partial charge in [0.1, 0.15) is 6.04 Å². The third kappa shape index (κ3) is 6.13. The van der Waals surface area contributed by atoms with Gasteiger partial charge in [0.05, 0.1) is 32.9 Å². The third-order valence-corrected chi connectivity index (χ3v) is 5.93. The number of likely N-dealkylation sites (tertiary alicyclic amines) is 1. The normalized spacial score (nSPS) is 24.4. The molecule has 3 aliphatic heterocycles. The minimum atomic E-state index is -0.441. The zero-order chi connectivity index (χ0) is 20.6. The Hall–Kier alpha value is -1.71. The molecule has 0 aliphatic carbocycles. The van der Waals surface area contributed by atoms with Crippen molar-refractivity contribution in [3.8, 4) is 0 Å². The first-order chi connectivity index (χ1) is 14.1. The van der Waals surface area contributed by atoms with Crippen molar-refractivity contribution in [2.24, 2.45) is 0 Å². The highest BCUT2D eigenvalue weighted by molar-refractivity contribution is 5.86. The van der Waals surface area contributed by atoms with E-state index in [9.17, 15) is 14.4 Å². The molecular formula is C20H34N4O5. The van der Waals surface area contributed by atoms with Gasteiger partial charge in [0.15, 0.2) is 0 Å². The van der Waals surface area contributed by atoms with Crippen molar-refractivity contribution in [1.82, 2.24) is 19.6 Å². The van der Waals surface area contributed by atoms with Gasteiger partial charge in [-0.2, -0.15) is 0 Å². The quantitative estimate of drug-likeness (QED) is 0.541. The Balaban J connectivity index is 1.42. The Morgan fingerprint density at radius 1 is 0.862 bits per heavy atom. The number of carbonyl (C=O) groups excluding carboxylic acids is 3. The average molecular weight is 411 g/mol. The summed E-state index contributed by atoms with van der Waals surface area (Å²) in [6, 6.07) is -0.441. The van der Waals surface area contributed by atoms with Crippen LogP contribution in [-0.2, 0) is 23.9 Å². The molecule has 29 heavy (non-hydrogen) atoms. The first-order valence-electron chi connectivity index (χ1n) is 10.8. The van der Waals surface area contributed by atoms with Gasteiger partial charge < -0.3 is 19.3 Å². The minimum absolute atomic E-state index is 0.000552. The molecule has 2 amide bonds. The number of hydrogen-bond donors (Lipinski definition) is 0. The van der Waals surface area contributed by atoms with E-state index in [1.165, 1.54) is 0 Å². The van der Waals surface area contributed by atoms with Gasteiger partial charge in [-0.1, -0.05) is 0 Å². The number of hydrogen-bond acceptors (Lipinski definition) is 7. The molecule has 164 valence electrons. The summed E-state index contributed by atoms with van der Waals surface area (Å²) in [5.41, 5.74) is 0. The van der Waals surface area contributed by atoms with E-state index in [1.807, 2.05) is 4.90 Å². The Morgan fingerprint density at radius 2 is 1.48 bits per heavy atom. The molecule has 3 aliphatic rings. The fraction of sp³-hybridized carbons (Fsp3) is 0.850. The first-order valence-corrected chi connectivity index (χ1v) is 10.8. The first kappa shape index (κ1) is 22.0. The number of piperazine rings is 1. The highest BCUT2D eigenvalue weighted by Gasteiger charge is 2.34. The van der Waals surface area contributed by atoms with E-state index in [-0.39, 0.29) is 17.8 Å². The van der Waals surface area contributed by atoms with E-state index < -0.39 is 6.04 Å². The maximum atomic E-state index is 12.8. The van der Waals surface area contributed by atoms with E-state index in [2.05, 4.69) is 9.80 Å². The SMILES string of the molecule is CCOC(=O)C1CCCCN1C(=O)CN1CCN(CC(=O)N2CCOCC2)CC1. The fourth-order valence-electron chi connectivity index (χ4n) is 4.21. The molecule has 1 atom stereocenters. The second kappa shape index (κ2) is 10.9. The molecule has 3 rings (SSSR count). The van der Waals surface area contributed by atoms with Crippen LogP contribution in [0.3, 0.4) is 0 Å². The minimum Gasteiger partial charge on any atom is -0.464 e. The van der Waals surface area contributed by atoms with Gasteiger partial charge in [-0.3, -0.25) is 19.4 Å². The van der Waals surface area contributed by atoms with E-state index >= 15 is 0 Å². The second-order valence-corrected chi connectivity index (χ2v) is 7.90. The summed E-state index contributed by atoms with van der Waals surface area (Å²) in [5.74, 6) is -0.129. The maximum absolute atomic E-state index is 12.8. The zero-order valence-electron chi connectivity index (χ0n) is 17.5. The van der Waals surface area contributed by atoms with Crippen LogP contribution in [0.5, 0.6) is 0 Å². The Bertz CT molecular complexity index is 573. The summed E-state index contributed by atoms with van der Waals surface area (Å²) in [7, 11) is 0. The van der Waals surface area contributed by atoms with Gasteiger partial charge >= 0.3 is 5.97 Å². The van der Waals surface area contributed by atoms with Crippen LogP contribution in [0.2, 0.25) is 0 Å². The molecule has 3 saturated heterocycles. The van der Waals surface area contributed by atoms with Crippen molar-refractivity contribution < 1.29 is 23.9 Å². The molecular weight excluding hydrogens is 376 g/mol. The summed E-state index contributed by atoms with van der Waals surface area (Å²) < 4.78 is 10.5. The molecule has 3 heterocycles. The third-order valence-electron chi connectivity index (χ3n) is 5.93. The van der Waals surface area contributed by atoms with Crippen LogP contribution in [0.4, 0.5) is 0 Å². The summed E-state index contributed by atoms with van der Waals surface area (Å²) in [6.07, 6.45) is 2.56. The van der Waals surface area contributed by atoms with Crippen molar-refractivity contribution in [1.29, 1.82) is 0 Å². The number of rotatable bonds is 6. The number of morpholine rings is 1. The van der Waals surface area contributed by atoms with Crippen LogP contribution < -0.4 is 0 Å². The van der Waals surface area contributed by atoms with Crippen LogP contribution in [0.1, 0.15) is 26.2 Å². The van der Waals surface area contributed by atoms with Crippen molar-refractivity contribution in [3.05, 3.63) is 0 Å². The Labute approximate surface area is 172 Å². The van der Waals surface area contributed by atoms with Gasteiger partial charge in [0.2, 0.25) is 11.8 Å². The van der Waals surface area contributed by atoms with Crippen LogP contribution in [0.15, 0.2) is 0 Å². The topological polar surface area (TPSA) is 82.6 Å². The van der Waals surface area contributed by atoms with Gasteiger partial charge in [-0.25, -0.2) is 4.79 Å². The van der Waals surface area contributed by atoms with Crippen LogP contribution >= 0.6 is 0 Å². The van der Waals surface area contributed by atoms with E-state index in [0.717, 1.165) is 39.0 Å². The highest BCUT2D eigenvalue weighted by atomic mass is 16.5. The lowest BCUT2D eigenvalue weighted by Gasteiger charge is -2.38. The van der Waals surface area contributed by atoms with Crippen molar-refractivity contribution in [2.75, 3.05) is 78.7 Å². The molecule has 9 heteroatoms. The molecule has 0 aromatic rings. The molecule has 0 spiro atoms. The van der Waals surface area contributed by atoms with Crippen LogP contribution in [0, 0.1) is 0 Å². The summed E-state index contributed by atoms with van der Waals surface area (Å²) in [6.45, 7) is 9.11. The standard InChI is InChI=1S/C20H34N4O5/c1-2-29-20(27)17-5-3-4-6-24(17)19(26)16-22-9-7-21(8-10-22)15-18(25)23-11-13-28-14-12-23/h17H,2-16H2,1H3. The Kier molecular flexibility index (Phi) is 8.26. The monoisotopic (exact) mass is 410 g/mol. The molecule has 0 bridgehead atoms. The van der Waals surface area contributed by atoms with Gasteiger partial charge in [-0.15, -0.1) is 0 Å². The lowest BCUT2D eigenvalue weighted by molar-refractivity contribution is -0.157. The molecule has 3 fully saturated rings. The molecule has 1 unspecified atom stereocenters. The van der Waals surface area contributed by atoms with Crippen molar-refractivity contribution in [2.45, 2.75) is 32.2 Å². The maximum Gasteiger partial charge on any atom is 0.328 e. The highest BCUT2D eigenvalue weighted by Crippen LogP contribution is 2.19. The molecule has 0 N–H and O–H groups in total. The fourth-order valence-corrected chi connectivity index (χ4v) is 4.21. The molecule has 9 nitrogen and oxygen atoms in total. The van der Waals surface area contributed by atoms with Gasteiger partial charge in [0.25, 0.3) is 0 Å². The number of ether oxygens (including phenoxy) is 2. The number of carbonyl (C=O) groups is 3. The molecule has 0 aromatic carbocycles. The van der Waals surface area contributed by atoms with E-state index in [1.54, 1.807) is 11.8 Å². The lowest BCUT2D eigenvalue weighted by Crippen LogP contribution is -2.55. The van der Waals surface area contributed by atoms with E-state index in [0.29, 0.717) is 59.0 Å². The number of esters is 1. The summed E-state index contributed by atoms with van der Waals surface area (Å²) in [5, 5.41) is 0. The van der Waals surface area contributed by atoms with Crippen molar-refractivity contribution >= 4 is 17.8 Å². The van der Waals surface area contributed by atoms with Crippen molar-refractivity contribution in [3.63, 3.8) is 0 Å². The largest absolute Gasteiger partial charge is 0.464 e. The van der Waals surface area contributed by atoms with Gasteiger partial charge in [0, 0.05) is 45.8 Å². The van der Waals surface area contributed by atoms with Gasteiger partial charge in [-0.05, 0) is 26.2 Å². The smallest absolute Gasteiger partial charge is 0.328 e. The Morgan fingerprint density at radius 3 is 2.10 bits per heavy atom. The summed E-state index contributed by atoms with van der Waals surface area (Å²) >= 11 is 0.